The van der Waals surface area contributed by atoms with Crippen LogP contribution in [0.2, 0.25) is 0 Å². The highest BCUT2D eigenvalue weighted by atomic mass is 32.1. The predicted octanol–water partition coefficient (Wildman–Crippen LogP) is 3.25. The van der Waals surface area contributed by atoms with Crippen molar-refractivity contribution in [2.24, 2.45) is 5.92 Å². The van der Waals surface area contributed by atoms with Gasteiger partial charge in [0.25, 0.3) is 0 Å². The van der Waals surface area contributed by atoms with E-state index in [1.165, 1.54) is 12.1 Å². The smallest absolute Gasteiger partial charge is 0.238 e. The van der Waals surface area contributed by atoms with Gasteiger partial charge in [-0.05, 0) is 68.2 Å². The Morgan fingerprint density at radius 2 is 1.89 bits per heavy atom. The number of nitrogens with zero attached hydrogens (tertiary/aromatic N) is 2. The van der Waals surface area contributed by atoms with E-state index in [1.807, 2.05) is 18.5 Å². The molecule has 0 aliphatic heterocycles. The molecule has 0 bridgehead atoms. The van der Waals surface area contributed by atoms with E-state index >= 15 is 0 Å². The highest BCUT2D eigenvalue weighted by molar-refractivity contribution is 7.80. The molecule has 1 amide bonds. The van der Waals surface area contributed by atoms with Gasteiger partial charge >= 0.3 is 0 Å². The van der Waals surface area contributed by atoms with E-state index in [1.54, 1.807) is 12.1 Å². The van der Waals surface area contributed by atoms with E-state index in [4.69, 9.17) is 12.2 Å². The zero-order valence-corrected chi connectivity index (χ0v) is 16.9. The van der Waals surface area contributed by atoms with Gasteiger partial charge in [0, 0.05) is 24.3 Å². The molecule has 2 aromatic rings. The number of amides is 1. The van der Waals surface area contributed by atoms with Gasteiger partial charge in [0.15, 0.2) is 5.11 Å². The quantitative estimate of drug-likeness (QED) is 0.521. The summed E-state index contributed by atoms with van der Waals surface area (Å²) in [5, 5.41) is 7.66. The second-order valence-corrected chi connectivity index (χ2v) is 7.27. The minimum atomic E-state index is -0.324. The van der Waals surface area contributed by atoms with Gasteiger partial charge < -0.3 is 5.32 Å². The summed E-state index contributed by atoms with van der Waals surface area (Å²) in [4.78, 5) is 12.1. The van der Waals surface area contributed by atoms with Gasteiger partial charge in [-0.3, -0.25) is 20.3 Å². The van der Waals surface area contributed by atoms with E-state index in [9.17, 15) is 9.18 Å². The summed E-state index contributed by atoms with van der Waals surface area (Å²) in [5.41, 5.74) is 9.02. The monoisotopic (exact) mass is 391 g/mol. The molecule has 8 heteroatoms. The number of hydrazine groups is 1. The second kappa shape index (κ2) is 9.45. The van der Waals surface area contributed by atoms with E-state index in [0.717, 1.165) is 23.5 Å². The maximum atomic E-state index is 12.9. The number of hydrogen-bond donors (Lipinski definition) is 3. The Kier molecular flexibility index (Phi) is 7.29. The number of carbonyl (C=O) groups is 1. The molecule has 3 N–H and O–H groups in total. The first-order valence-electron chi connectivity index (χ1n) is 8.90. The van der Waals surface area contributed by atoms with Crippen LogP contribution in [0, 0.1) is 25.6 Å². The summed E-state index contributed by atoms with van der Waals surface area (Å²) in [6.45, 7) is 9.17. The number of hydrogen-bond acceptors (Lipinski definition) is 3. The minimum Gasteiger partial charge on any atom is -0.331 e. The van der Waals surface area contributed by atoms with Crippen molar-refractivity contribution in [2.75, 3.05) is 5.32 Å². The first-order valence-corrected chi connectivity index (χ1v) is 9.31. The fourth-order valence-electron chi connectivity index (χ4n) is 2.74. The first kappa shape index (κ1) is 20.8. The van der Waals surface area contributed by atoms with Gasteiger partial charge in [0.05, 0.1) is 5.69 Å². The first-order chi connectivity index (χ1) is 12.8. The van der Waals surface area contributed by atoms with Gasteiger partial charge in [-0.2, -0.15) is 5.10 Å². The third-order valence-corrected chi connectivity index (χ3v) is 4.29. The van der Waals surface area contributed by atoms with Crippen molar-refractivity contribution in [3.05, 3.63) is 47.0 Å². The van der Waals surface area contributed by atoms with Crippen LogP contribution in [0.15, 0.2) is 24.3 Å². The Balaban J connectivity index is 1.80. The summed E-state index contributed by atoms with van der Waals surface area (Å²) in [6, 6.07) is 5.78. The van der Waals surface area contributed by atoms with Crippen molar-refractivity contribution in [3.63, 3.8) is 0 Å². The maximum Gasteiger partial charge on any atom is 0.238 e. The van der Waals surface area contributed by atoms with Crippen LogP contribution in [0.3, 0.4) is 0 Å². The van der Waals surface area contributed by atoms with Gasteiger partial charge in [0.1, 0.15) is 5.82 Å². The minimum absolute atomic E-state index is 0.173. The van der Waals surface area contributed by atoms with Gasteiger partial charge in [-0.1, -0.05) is 13.8 Å². The van der Waals surface area contributed by atoms with Gasteiger partial charge in [-0.15, -0.1) is 0 Å². The largest absolute Gasteiger partial charge is 0.331 e. The fraction of sp³-hybridized carbons (Fsp3) is 0.421. The molecule has 0 spiro atoms. The Morgan fingerprint density at radius 3 is 2.52 bits per heavy atom. The van der Waals surface area contributed by atoms with Crippen LogP contribution >= 0.6 is 12.2 Å². The van der Waals surface area contributed by atoms with Crippen molar-refractivity contribution in [1.29, 1.82) is 0 Å². The number of anilines is 1. The molecule has 1 heterocycles. The molecule has 27 heavy (non-hydrogen) atoms. The Hall–Kier alpha value is -2.48. The van der Waals surface area contributed by atoms with Crippen LogP contribution in [-0.4, -0.2) is 20.8 Å². The molecule has 0 fully saturated rings. The molecule has 6 nitrogen and oxygen atoms in total. The number of carbonyl (C=O) groups excluding carboxylic acids is 1. The average molecular weight is 392 g/mol. The molecule has 0 saturated heterocycles. The highest BCUT2D eigenvalue weighted by Gasteiger charge is 2.14. The number of halogens is 1. The zero-order chi connectivity index (χ0) is 20.0. The molecule has 0 radical (unpaired) electrons. The lowest BCUT2D eigenvalue weighted by Crippen LogP contribution is -2.43. The maximum absolute atomic E-state index is 12.9. The molecule has 0 aliphatic rings. The average Bonchev–Trinajstić information content (AvgIpc) is 2.86. The molecule has 2 rings (SSSR count). The Bertz CT molecular complexity index is 801. The molecular formula is C19H26FN5OS. The number of rotatable bonds is 6. The van der Waals surface area contributed by atoms with Crippen LogP contribution in [0.1, 0.15) is 37.2 Å². The molecular weight excluding hydrogens is 365 g/mol. The number of benzene rings is 1. The lowest BCUT2D eigenvalue weighted by atomic mass is 10.1. The van der Waals surface area contributed by atoms with Crippen LogP contribution < -0.4 is 16.2 Å². The Labute approximate surface area is 164 Å². The molecule has 1 aromatic heterocycles. The lowest BCUT2D eigenvalue weighted by Gasteiger charge is -2.12. The summed E-state index contributed by atoms with van der Waals surface area (Å²) in [7, 11) is 0. The number of thiocarbonyl (C=S) groups is 1. The summed E-state index contributed by atoms with van der Waals surface area (Å²) in [6.07, 6.45) is 0.933. The summed E-state index contributed by atoms with van der Waals surface area (Å²) < 4.78 is 14.9. The molecule has 146 valence electrons. The second-order valence-electron chi connectivity index (χ2n) is 6.86. The third-order valence-electron chi connectivity index (χ3n) is 4.09. The molecule has 0 saturated carbocycles. The molecule has 1 aromatic carbocycles. The van der Waals surface area contributed by atoms with Crippen molar-refractivity contribution >= 4 is 28.9 Å². The molecule has 0 unspecified atom stereocenters. The standard InChI is InChI=1S/C19H26FN5OS/c1-12(2)11-25-14(4)17(13(3)24-25)9-10-18(26)22-23-19(27)21-16-7-5-15(20)6-8-16/h5-8,12H,9-11H2,1-4H3,(H,22,26)(H2,21,23,27). The van der Waals surface area contributed by atoms with Crippen LogP contribution in [0.4, 0.5) is 10.1 Å². The number of aryl methyl sites for hydroxylation is 1. The van der Waals surface area contributed by atoms with Gasteiger partial charge in [-0.25, -0.2) is 4.39 Å². The van der Waals surface area contributed by atoms with Crippen molar-refractivity contribution in [3.8, 4) is 0 Å². The van der Waals surface area contributed by atoms with Crippen LogP contribution in [0.25, 0.3) is 0 Å². The highest BCUT2D eigenvalue weighted by Crippen LogP contribution is 2.16. The topological polar surface area (TPSA) is 71.0 Å². The summed E-state index contributed by atoms with van der Waals surface area (Å²) in [5.74, 6) is 0.0154. The fourth-order valence-corrected chi connectivity index (χ4v) is 2.91. The number of aromatic nitrogens is 2. The predicted molar refractivity (Wildman–Crippen MR) is 109 cm³/mol. The third kappa shape index (κ3) is 6.32. The SMILES string of the molecule is Cc1nn(CC(C)C)c(C)c1CCC(=O)NNC(=S)Nc1ccc(F)cc1. The van der Waals surface area contributed by atoms with E-state index in [-0.39, 0.29) is 16.8 Å². The molecule has 0 atom stereocenters. The van der Waals surface area contributed by atoms with Crippen molar-refractivity contribution in [1.82, 2.24) is 20.6 Å². The zero-order valence-electron chi connectivity index (χ0n) is 16.1. The summed E-state index contributed by atoms with van der Waals surface area (Å²) >= 11 is 5.11. The van der Waals surface area contributed by atoms with E-state index in [0.29, 0.717) is 24.4 Å². The van der Waals surface area contributed by atoms with Crippen molar-refractivity contribution < 1.29 is 9.18 Å². The molecule has 0 aliphatic carbocycles. The number of nitrogens with one attached hydrogen (secondary N) is 3. The normalized spacial score (nSPS) is 10.7. The lowest BCUT2D eigenvalue weighted by molar-refractivity contribution is -0.121. The van der Waals surface area contributed by atoms with Crippen LogP contribution in [0.5, 0.6) is 0 Å². The Morgan fingerprint density at radius 1 is 1.22 bits per heavy atom. The van der Waals surface area contributed by atoms with Crippen molar-refractivity contribution in [2.45, 2.75) is 47.1 Å². The van der Waals surface area contributed by atoms with Gasteiger partial charge in [0.2, 0.25) is 5.91 Å². The van der Waals surface area contributed by atoms with E-state index in [2.05, 4.69) is 35.1 Å². The van der Waals surface area contributed by atoms with E-state index < -0.39 is 0 Å². The van der Waals surface area contributed by atoms with Crippen LogP contribution in [-0.2, 0) is 17.8 Å².